The fraction of sp³-hybridized carbons (Fsp3) is 0.600. The number of rotatable bonds is 5. The molecule has 1 unspecified atom stereocenters. The number of furan rings is 1. The average Bonchev–Trinajstić information content (AvgIpc) is 2.61. The van der Waals surface area contributed by atoms with Crippen LogP contribution in [0.1, 0.15) is 31.8 Å². The van der Waals surface area contributed by atoms with Crippen molar-refractivity contribution in [1.29, 1.82) is 0 Å². The minimum atomic E-state index is 0.284. The largest absolute Gasteiger partial charge is 0.462 e. The van der Waals surface area contributed by atoms with Crippen LogP contribution in [0.3, 0.4) is 0 Å². The average molecular weight is 183 g/mol. The van der Waals surface area contributed by atoms with Crippen molar-refractivity contribution >= 4 is 0 Å². The fourth-order valence-corrected chi connectivity index (χ4v) is 0.952. The third-order valence-electron chi connectivity index (χ3n) is 2.00. The van der Waals surface area contributed by atoms with Crippen molar-refractivity contribution in [3.8, 4) is 0 Å². The standard InChI is InChI=1S/C10H17NO2/c1-3-8(2)12-7-10-5-4-9(6-11)13-10/h4-5,8H,3,6-7,11H2,1-2H3. The topological polar surface area (TPSA) is 48.4 Å². The first-order valence-electron chi connectivity index (χ1n) is 4.65. The molecule has 0 spiro atoms. The summed E-state index contributed by atoms with van der Waals surface area (Å²) in [5.41, 5.74) is 5.41. The molecule has 1 rings (SSSR count). The van der Waals surface area contributed by atoms with E-state index in [1.807, 2.05) is 19.1 Å². The Bertz CT molecular complexity index is 245. The van der Waals surface area contributed by atoms with Gasteiger partial charge >= 0.3 is 0 Å². The third-order valence-corrected chi connectivity index (χ3v) is 2.00. The molecular weight excluding hydrogens is 166 g/mol. The highest BCUT2D eigenvalue weighted by Crippen LogP contribution is 2.10. The summed E-state index contributed by atoms with van der Waals surface area (Å²) in [5.74, 6) is 1.66. The van der Waals surface area contributed by atoms with E-state index in [2.05, 4.69) is 6.92 Å². The van der Waals surface area contributed by atoms with E-state index in [0.29, 0.717) is 13.2 Å². The van der Waals surface area contributed by atoms with Gasteiger partial charge in [0.1, 0.15) is 18.1 Å². The van der Waals surface area contributed by atoms with E-state index in [9.17, 15) is 0 Å². The van der Waals surface area contributed by atoms with E-state index in [0.717, 1.165) is 17.9 Å². The maximum Gasteiger partial charge on any atom is 0.129 e. The van der Waals surface area contributed by atoms with E-state index >= 15 is 0 Å². The molecule has 1 aromatic rings. The Morgan fingerprint density at radius 3 is 2.69 bits per heavy atom. The van der Waals surface area contributed by atoms with Gasteiger partial charge in [0.15, 0.2) is 0 Å². The monoisotopic (exact) mass is 183 g/mol. The highest BCUT2D eigenvalue weighted by molar-refractivity contribution is 5.05. The Balaban J connectivity index is 2.36. The number of nitrogens with two attached hydrogens (primary N) is 1. The Morgan fingerprint density at radius 2 is 2.15 bits per heavy atom. The van der Waals surface area contributed by atoms with Gasteiger partial charge in [-0.05, 0) is 25.5 Å². The molecule has 0 amide bonds. The van der Waals surface area contributed by atoms with Crippen LogP contribution in [0.25, 0.3) is 0 Å². The molecule has 0 radical (unpaired) electrons. The van der Waals surface area contributed by atoms with Crippen molar-refractivity contribution in [3.63, 3.8) is 0 Å². The van der Waals surface area contributed by atoms with Crippen molar-refractivity contribution in [1.82, 2.24) is 0 Å². The molecule has 0 aliphatic rings. The Morgan fingerprint density at radius 1 is 1.46 bits per heavy atom. The lowest BCUT2D eigenvalue weighted by Crippen LogP contribution is -2.05. The van der Waals surface area contributed by atoms with E-state index in [1.165, 1.54) is 0 Å². The van der Waals surface area contributed by atoms with E-state index in [-0.39, 0.29) is 6.10 Å². The van der Waals surface area contributed by atoms with Crippen LogP contribution in [0.15, 0.2) is 16.5 Å². The first-order chi connectivity index (χ1) is 6.26. The molecule has 1 atom stereocenters. The normalized spacial score (nSPS) is 13.2. The summed E-state index contributed by atoms with van der Waals surface area (Å²) in [6.07, 6.45) is 1.30. The maximum absolute atomic E-state index is 5.50. The van der Waals surface area contributed by atoms with Gasteiger partial charge in [-0.2, -0.15) is 0 Å². The highest BCUT2D eigenvalue weighted by atomic mass is 16.5. The van der Waals surface area contributed by atoms with Crippen LogP contribution in [0.2, 0.25) is 0 Å². The van der Waals surface area contributed by atoms with Gasteiger partial charge in [-0.1, -0.05) is 6.92 Å². The quantitative estimate of drug-likeness (QED) is 0.760. The summed E-state index contributed by atoms with van der Waals surface area (Å²) in [4.78, 5) is 0. The second kappa shape index (κ2) is 5.04. The molecule has 0 aliphatic heterocycles. The van der Waals surface area contributed by atoms with Crippen molar-refractivity contribution < 1.29 is 9.15 Å². The van der Waals surface area contributed by atoms with Gasteiger partial charge in [-0.3, -0.25) is 0 Å². The second-order valence-electron chi connectivity index (χ2n) is 3.10. The molecular formula is C10H17NO2. The van der Waals surface area contributed by atoms with Crippen LogP contribution in [-0.2, 0) is 17.9 Å². The predicted octanol–water partition coefficient (Wildman–Crippen LogP) is 2.05. The molecule has 13 heavy (non-hydrogen) atoms. The van der Waals surface area contributed by atoms with Crippen molar-refractivity contribution in [2.45, 2.75) is 39.5 Å². The summed E-state index contributed by atoms with van der Waals surface area (Å²) in [5, 5.41) is 0. The van der Waals surface area contributed by atoms with Crippen molar-refractivity contribution in [2.24, 2.45) is 5.73 Å². The lowest BCUT2D eigenvalue weighted by molar-refractivity contribution is 0.0401. The smallest absolute Gasteiger partial charge is 0.129 e. The van der Waals surface area contributed by atoms with Crippen molar-refractivity contribution in [3.05, 3.63) is 23.7 Å². The van der Waals surface area contributed by atoms with Gasteiger partial charge in [0, 0.05) is 0 Å². The minimum absolute atomic E-state index is 0.284. The summed E-state index contributed by atoms with van der Waals surface area (Å²) in [7, 11) is 0. The summed E-state index contributed by atoms with van der Waals surface area (Å²) >= 11 is 0. The Hall–Kier alpha value is -0.800. The summed E-state index contributed by atoms with van der Waals surface area (Å²) in [6, 6.07) is 3.79. The molecule has 0 saturated heterocycles. The maximum atomic E-state index is 5.50. The molecule has 0 saturated carbocycles. The summed E-state index contributed by atoms with van der Waals surface area (Å²) < 4.78 is 10.9. The van der Waals surface area contributed by atoms with Gasteiger partial charge < -0.3 is 14.9 Å². The molecule has 0 bridgehead atoms. The third kappa shape index (κ3) is 3.20. The SMILES string of the molecule is CCC(C)OCc1ccc(CN)o1. The molecule has 1 aromatic heterocycles. The van der Waals surface area contributed by atoms with Gasteiger partial charge in [0.05, 0.1) is 12.6 Å². The van der Waals surface area contributed by atoms with Crippen LogP contribution in [0.4, 0.5) is 0 Å². The van der Waals surface area contributed by atoms with Crippen LogP contribution in [0.5, 0.6) is 0 Å². The predicted molar refractivity (Wildman–Crippen MR) is 51.1 cm³/mol. The Kier molecular flexibility index (Phi) is 3.99. The molecule has 0 aliphatic carbocycles. The van der Waals surface area contributed by atoms with Gasteiger partial charge in [-0.25, -0.2) is 0 Å². The zero-order chi connectivity index (χ0) is 9.68. The van der Waals surface area contributed by atoms with Crippen LogP contribution >= 0.6 is 0 Å². The molecule has 74 valence electrons. The van der Waals surface area contributed by atoms with Crippen LogP contribution in [0, 0.1) is 0 Å². The number of ether oxygens (including phenoxy) is 1. The highest BCUT2D eigenvalue weighted by Gasteiger charge is 2.03. The second-order valence-corrected chi connectivity index (χ2v) is 3.10. The lowest BCUT2D eigenvalue weighted by Gasteiger charge is -2.08. The fourth-order valence-electron chi connectivity index (χ4n) is 0.952. The van der Waals surface area contributed by atoms with Gasteiger partial charge in [0.25, 0.3) is 0 Å². The van der Waals surface area contributed by atoms with E-state index in [4.69, 9.17) is 14.9 Å². The number of hydrogen-bond donors (Lipinski definition) is 1. The molecule has 3 nitrogen and oxygen atoms in total. The van der Waals surface area contributed by atoms with E-state index < -0.39 is 0 Å². The molecule has 0 fully saturated rings. The zero-order valence-corrected chi connectivity index (χ0v) is 8.25. The van der Waals surface area contributed by atoms with Crippen LogP contribution < -0.4 is 5.73 Å². The van der Waals surface area contributed by atoms with Crippen LogP contribution in [-0.4, -0.2) is 6.10 Å². The zero-order valence-electron chi connectivity index (χ0n) is 8.25. The van der Waals surface area contributed by atoms with Gasteiger partial charge in [0.2, 0.25) is 0 Å². The molecule has 0 aromatic carbocycles. The lowest BCUT2D eigenvalue weighted by atomic mass is 10.3. The molecule has 3 heteroatoms. The molecule has 2 N–H and O–H groups in total. The molecule has 1 heterocycles. The number of hydrogen-bond acceptors (Lipinski definition) is 3. The Labute approximate surface area is 78.9 Å². The van der Waals surface area contributed by atoms with E-state index in [1.54, 1.807) is 0 Å². The van der Waals surface area contributed by atoms with Gasteiger partial charge in [-0.15, -0.1) is 0 Å². The minimum Gasteiger partial charge on any atom is -0.462 e. The summed E-state index contributed by atoms with van der Waals surface area (Å²) in [6.45, 7) is 5.13. The first kappa shape index (κ1) is 10.3. The first-order valence-corrected chi connectivity index (χ1v) is 4.65. The van der Waals surface area contributed by atoms with Crippen molar-refractivity contribution in [2.75, 3.05) is 0 Å².